The van der Waals surface area contributed by atoms with Crippen molar-refractivity contribution < 1.29 is 14.7 Å². The van der Waals surface area contributed by atoms with E-state index in [1.807, 2.05) is 9.47 Å². The molecule has 0 radical (unpaired) electrons. The molecule has 0 bridgehead atoms. The van der Waals surface area contributed by atoms with Crippen molar-refractivity contribution in [3.05, 3.63) is 23.0 Å². The molecule has 2 aliphatic rings. The largest absolute Gasteiger partial charge is 0.478 e. The van der Waals surface area contributed by atoms with Crippen LogP contribution in [0.25, 0.3) is 0 Å². The molecule has 1 saturated heterocycles. The Morgan fingerprint density at radius 2 is 1.70 bits per heavy atom. The van der Waals surface area contributed by atoms with Crippen LogP contribution in [0.2, 0.25) is 0 Å². The van der Waals surface area contributed by atoms with Crippen molar-refractivity contribution >= 4 is 11.9 Å². The third-order valence-corrected chi connectivity index (χ3v) is 4.35. The van der Waals surface area contributed by atoms with E-state index in [0.29, 0.717) is 11.3 Å². The molecule has 1 aromatic heterocycles. The van der Waals surface area contributed by atoms with Crippen LogP contribution in [0.5, 0.6) is 0 Å². The first-order valence-corrected chi connectivity index (χ1v) is 7.43. The van der Waals surface area contributed by atoms with Crippen molar-refractivity contribution in [1.82, 2.24) is 9.47 Å². The number of nitrogens with zero attached hydrogens (tertiary/aromatic N) is 2. The first-order valence-electron chi connectivity index (χ1n) is 7.43. The summed E-state index contributed by atoms with van der Waals surface area (Å²) in [5.74, 6) is -0.923. The molecule has 0 unspecified atom stereocenters. The van der Waals surface area contributed by atoms with Gasteiger partial charge in [0.1, 0.15) is 5.69 Å². The molecule has 3 rings (SSSR count). The van der Waals surface area contributed by atoms with Gasteiger partial charge < -0.3 is 14.6 Å². The first kappa shape index (κ1) is 13.2. The normalized spacial score (nSPS) is 18.7. The number of amides is 1. The molecule has 5 nitrogen and oxygen atoms in total. The maximum absolute atomic E-state index is 12.6. The summed E-state index contributed by atoms with van der Waals surface area (Å²) in [5, 5.41) is 9.31. The van der Waals surface area contributed by atoms with Gasteiger partial charge in [0.05, 0.1) is 5.56 Å². The Bertz CT molecular complexity index is 542. The van der Waals surface area contributed by atoms with E-state index in [-0.39, 0.29) is 5.91 Å². The molecule has 1 amide bonds. The monoisotopic (exact) mass is 276 g/mol. The Kier molecular flexibility index (Phi) is 3.51. The number of carbonyl (C=O) groups excluding carboxylic acids is 1. The van der Waals surface area contributed by atoms with Crippen molar-refractivity contribution in [2.45, 2.75) is 45.1 Å². The molecule has 20 heavy (non-hydrogen) atoms. The van der Waals surface area contributed by atoms with Gasteiger partial charge in [-0.15, -0.1) is 0 Å². The second kappa shape index (κ2) is 5.31. The Morgan fingerprint density at radius 3 is 2.40 bits per heavy atom. The summed E-state index contributed by atoms with van der Waals surface area (Å²) >= 11 is 0. The van der Waals surface area contributed by atoms with Crippen LogP contribution in [-0.2, 0) is 13.0 Å². The maximum atomic E-state index is 12.6. The minimum absolute atomic E-state index is 0.000324. The summed E-state index contributed by atoms with van der Waals surface area (Å²) in [6.45, 7) is 2.35. The Balaban J connectivity index is 1.96. The van der Waals surface area contributed by atoms with Gasteiger partial charge in [-0.05, 0) is 44.6 Å². The predicted octanol–water partition coefficient (Wildman–Crippen LogP) is 2.15. The van der Waals surface area contributed by atoms with Crippen LogP contribution in [0.15, 0.2) is 6.07 Å². The molecule has 0 atom stereocenters. The number of piperidine rings is 1. The zero-order valence-electron chi connectivity index (χ0n) is 11.6. The Hall–Kier alpha value is -1.78. The molecule has 0 aromatic carbocycles. The molecule has 0 aliphatic carbocycles. The van der Waals surface area contributed by atoms with Gasteiger partial charge in [0.15, 0.2) is 0 Å². The fraction of sp³-hybridized carbons (Fsp3) is 0.600. The second-order valence-electron chi connectivity index (χ2n) is 5.66. The summed E-state index contributed by atoms with van der Waals surface area (Å²) in [7, 11) is 0. The predicted molar refractivity (Wildman–Crippen MR) is 74.1 cm³/mol. The number of rotatable bonds is 2. The Morgan fingerprint density at radius 1 is 1.00 bits per heavy atom. The van der Waals surface area contributed by atoms with E-state index in [0.717, 1.165) is 57.4 Å². The highest BCUT2D eigenvalue weighted by Gasteiger charge is 2.28. The molecular weight excluding hydrogens is 256 g/mol. The first-order chi connectivity index (χ1) is 9.68. The summed E-state index contributed by atoms with van der Waals surface area (Å²) in [4.78, 5) is 25.8. The van der Waals surface area contributed by atoms with Crippen LogP contribution in [0.1, 0.15) is 58.6 Å². The number of carbonyl (C=O) groups is 2. The highest BCUT2D eigenvalue weighted by Crippen LogP contribution is 2.25. The number of fused-ring (bicyclic) bond motifs is 1. The number of aromatic carboxylic acids is 1. The van der Waals surface area contributed by atoms with Crippen LogP contribution in [0, 0.1) is 0 Å². The number of likely N-dealkylation sites (tertiary alicyclic amines) is 1. The molecule has 0 spiro atoms. The zero-order valence-corrected chi connectivity index (χ0v) is 11.6. The average molecular weight is 276 g/mol. The lowest BCUT2D eigenvalue weighted by Crippen LogP contribution is -2.37. The van der Waals surface area contributed by atoms with E-state index < -0.39 is 5.97 Å². The minimum atomic E-state index is -0.923. The molecule has 1 fully saturated rings. The second-order valence-corrected chi connectivity index (χ2v) is 5.66. The van der Waals surface area contributed by atoms with Gasteiger partial charge in [-0.2, -0.15) is 0 Å². The molecule has 108 valence electrons. The minimum Gasteiger partial charge on any atom is -0.478 e. The zero-order chi connectivity index (χ0) is 14.1. The third-order valence-electron chi connectivity index (χ3n) is 4.35. The summed E-state index contributed by atoms with van der Waals surface area (Å²) in [5.41, 5.74) is 1.70. The van der Waals surface area contributed by atoms with E-state index in [4.69, 9.17) is 0 Å². The topological polar surface area (TPSA) is 62.5 Å². The van der Waals surface area contributed by atoms with Crippen molar-refractivity contribution in [2.75, 3.05) is 13.1 Å². The highest BCUT2D eigenvalue weighted by molar-refractivity contribution is 5.98. The SMILES string of the molecule is O=C(O)c1cc(C(=O)N2CCCCC2)n2c1CCCC2. The highest BCUT2D eigenvalue weighted by atomic mass is 16.4. The Labute approximate surface area is 118 Å². The molecule has 1 aromatic rings. The molecule has 3 heterocycles. The quantitative estimate of drug-likeness (QED) is 0.900. The number of hydrogen-bond acceptors (Lipinski definition) is 2. The van der Waals surface area contributed by atoms with Gasteiger partial charge in [0.25, 0.3) is 5.91 Å². The molecule has 1 N–H and O–H groups in total. The van der Waals surface area contributed by atoms with E-state index in [1.165, 1.54) is 6.42 Å². The van der Waals surface area contributed by atoms with Gasteiger partial charge in [-0.1, -0.05) is 0 Å². The van der Waals surface area contributed by atoms with Gasteiger partial charge in [0, 0.05) is 25.3 Å². The number of aromatic nitrogens is 1. The maximum Gasteiger partial charge on any atom is 0.337 e. The molecule has 0 saturated carbocycles. The average Bonchev–Trinajstić information content (AvgIpc) is 2.87. The van der Waals surface area contributed by atoms with E-state index >= 15 is 0 Å². The van der Waals surface area contributed by atoms with Crippen molar-refractivity contribution in [3.63, 3.8) is 0 Å². The summed E-state index contributed by atoms with van der Waals surface area (Å²) < 4.78 is 1.93. The lowest BCUT2D eigenvalue weighted by atomic mass is 10.1. The van der Waals surface area contributed by atoms with Gasteiger partial charge in [-0.25, -0.2) is 4.79 Å². The van der Waals surface area contributed by atoms with E-state index in [1.54, 1.807) is 6.07 Å². The number of carboxylic acid groups (broad SMARTS) is 1. The lowest BCUT2D eigenvalue weighted by Gasteiger charge is -2.28. The van der Waals surface area contributed by atoms with Crippen LogP contribution in [-0.4, -0.2) is 39.5 Å². The summed E-state index contributed by atoms with van der Waals surface area (Å²) in [6.07, 6.45) is 6.05. The van der Waals surface area contributed by atoms with Crippen molar-refractivity contribution in [2.24, 2.45) is 0 Å². The van der Waals surface area contributed by atoms with Crippen molar-refractivity contribution in [3.8, 4) is 0 Å². The van der Waals surface area contributed by atoms with Crippen LogP contribution in [0.4, 0.5) is 0 Å². The molecular formula is C15H20N2O3. The van der Waals surface area contributed by atoms with E-state index in [9.17, 15) is 14.7 Å². The molecule has 2 aliphatic heterocycles. The number of carboxylic acids is 1. The fourth-order valence-electron chi connectivity index (χ4n) is 3.30. The van der Waals surface area contributed by atoms with Crippen molar-refractivity contribution in [1.29, 1.82) is 0 Å². The smallest absolute Gasteiger partial charge is 0.337 e. The summed E-state index contributed by atoms with van der Waals surface area (Å²) in [6, 6.07) is 1.58. The van der Waals surface area contributed by atoms with Crippen LogP contribution < -0.4 is 0 Å². The number of hydrogen-bond donors (Lipinski definition) is 1. The lowest BCUT2D eigenvalue weighted by molar-refractivity contribution is 0.0693. The standard InChI is InChI=1S/C15H20N2O3/c18-14(16-7-3-1-4-8-16)13-10-11(15(19)20)12-6-2-5-9-17(12)13/h10H,1-9H2,(H,19,20). The fourth-order valence-corrected chi connectivity index (χ4v) is 3.30. The van der Waals surface area contributed by atoms with Crippen LogP contribution in [0.3, 0.4) is 0 Å². The van der Waals surface area contributed by atoms with Gasteiger partial charge in [-0.3, -0.25) is 4.79 Å². The van der Waals surface area contributed by atoms with Gasteiger partial charge >= 0.3 is 5.97 Å². The molecule has 5 heteroatoms. The van der Waals surface area contributed by atoms with Gasteiger partial charge in [0.2, 0.25) is 0 Å². The van der Waals surface area contributed by atoms with E-state index in [2.05, 4.69) is 0 Å². The van der Waals surface area contributed by atoms with Crippen LogP contribution >= 0.6 is 0 Å². The third kappa shape index (κ3) is 2.21.